The standard InChI is InChI=1S/C12H7/c1-2-6-11-9(4-1)8-10-5-3-7-12(10)11/h1-4,6-8H. The maximum absolute atomic E-state index is 3.21. The van der Waals surface area contributed by atoms with E-state index in [1.807, 2.05) is 6.08 Å². The topological polar surface area (TPSA) is 0 Å². The summed E-state index contributed by atoms with van der Waals surface area (Å²) in [5.74, 6) is 0. The molecular formula is C12H7. The molecule has 0 atom stereocenters. The third kappa shape index (κ3) is 0.620. The van der Waals surface area contributed by atoms with Crippen LogP contribution in [0.2, 0.25) is 0 Å². The van der Waals surface area contributed by atoms with Gasteiger partial charge >= 0.3 is 0 Å². The van der Waals surface area contributed by atoms with Gasteiger partial charge in [0.15, 0.2) is 0 Å². The number of allylic oxidation sites excluding steroid dienone is 5. The van der Waals surface area contributed by atoms with Crippen molar-refractivity contribution in [1.82, 2.24) is 0 Å². The van der Waals surface area contributed by atoms with Gasteiger partial charge in [-0.05, 0) is 34.4 Å². The van der Waals surface area contributed by atoms with E-state index in [2.05, 4.69) is 42.5 Å². The number of fused-ring (bicyclic) bond motifs is 3. The first-order valence-corrected chi connectivity index (χ1v) is 4.07. The number of benzene rings is 1. The molecule has 0 heteroatoms. The SMILES string of the molecule is [C]1=CC=C2C1=Cc1ccccc12. The van der Waals surface area contributed by atoms with Gasteiger partial charge in [0.2, 0.25) is 0 Å². The lowest BCUT2D eigenvalue weighted by molar-refractivity contribution is 1.62. The number of rotatable bonds is 0. The van der Waals surface area contributed by atoms with Gasteiger partial charge in [-0.1, -0.05) is 36.4 Å². The van der Waals surface area contributed by atoms with Gasteiger partial charge in [0.25, 0.3) is 0 Å². The minimum absolute atomic E-state index is 1.23. The summed E-state index contributed by atoms with van der Waals surface area (Å²) in [5, 5.41) is 0. The molecule has 0 bridgehead atoms. The molecule has 1 aromatic carbocycles. The quantitative estimate of drug-likeness (QED) is 0.535. The Hall–Kier alpha value is -1.56. The van der Waals surface area contributed by atoms with Crippen LogP contribution in [0.25, 0.3) is 11.6 Å². The van der Waals surface area contributed by atoms with Crippen LogP contribution in [0, 0.1) is 6.08 Å². The van der Waals surface area contributed by atoms with Gasteiger partial charge < -0.3 is 0 Å². The molecule has 0 spiro atoms. The van der Waals surface area contributed by atoms with Crippen molar-refractivity contribution in [2.75, 3.05) is 0 Å². The highest BCUT2D eigenvalue weighted by Crippen LogP contribution is 2.37. The first-order chi connectivity index (χ1) is 5.95. The van der Waals surface area contributed by atoms with Crippen molar-refractivity contribution in [3.63, 3.8) is 0 Å². The number of hydrogen-bond donors (Lipinski definition) is 0. The molecule has 3 rings (SSSR count). The molecule has 1 aromatic rings. The van der Waals surface area contributed by atoms with Crippen molar-refractivity contribution in [3.05, 3.63) is 59.2 Å². The van der Waals surface area contributed by atoms with E-state index >= 15 is 0 Å². The second-order valence-corrected chi connectivity index (χ2v) is 3.04. The van der Waals surface area contributed by atoms with Crippen molar-refractivity contribution in [2.24, 2.45) is 0 Å². The highest BCUT2D eigenvalue weighted by molar-refractivity contribution is 5.98. The van der Waals surface area contributed by atoms with Crippen LogP contribution in [0.15, 0.2) is 42.0 Å². The second kappa shape index (κ2) is 1.98. The summed E-state index contributed by atoms with van der Waals surface area (Å²) in [5.41, 5.74) is 5.22. The Kier molecular flexibility index (Phi) is 0.991. The van der Waals surface area contributed by atoms with E-state index in [1.165, 1.54) is 22.3 Å². The molecule has 2 aliphatic carbocycles. The Morgan fingerprint density at radius 3 is 3.00 bits per heavy atom. The fraction of sp³-hybridized carbons (Fsp3) is 0. The minimum atomic E-state index is 1.23. The molecule has 0 saturated carbocycles. The highest BCUT2D eigenvalue weighted by atomic mass is 14.2. The monoisotopic (exact) mass is 151 g/mol. The zero-order valence-corrected chi connectivity index (χ0v) is 6.54. The van der Waals surface area contributed by atoms with Crippen LogP contribution >= 0.6 is 0 Å². The molecule has 0 N–H and O–H groups in total. The Morgan fingerprint density at radius 1 is 1.08 bits per heavy atom. The van der Waals surface area contributed by atoms with E-state index in [-0.39, 0.29) is 0 Å². The molecule has 0 heterocycles. The third-order valence-corrected chi connectivity index (χ3v) is 2.33. The first-order valence-electron chi connectivity index (χ1n) is 4.07. The van der Waals surface area contributed by atoms with Crippen molar-refractivity contribution in [3.8, 4) is 0 Å². The summed E-state index contributed by atoms with van der Waals surface area (Å²) < 4.78 is 0. The van der Waals surface area contributed by atoms with Crippen LogP contribution in [0.3, 0.4) is 0 Å². The molecule has 0 fully saturated rings. The summed E-state index contributed by atoms with van der Waals surface area (Å²) in [7, 11) is 0. The molecule has 0 aliphatic heterocycles. The van der Waals surface area contributed by atoms with Crippen LogP contribution < -0.4 is 0 Å². The van der Waals surface area contributed by atoms with E-state index in [0.717, 1.165) is 0 Å². The van der Waals surface area contributed by atoms with Gasteiger partial charge in [-0.2, -0.15) is 0 Å². The second-order valence-electron chi connectivity index (χ2n) is 3.04. The zero-order valence-electron chi connectivity index (χ0n) is 6.54. The Labute approximate surface area is 71.5 Å². The predicted molar refractivity (Wildman–Crippen MR) is 50.2 cm³/mol. The molecule has 12 heavy (non-hydrogen) atoms. The smallest absolute Gasteiger partial charge is 0.00928 e. The highest BCUT2D eigenvalue weighted by Gasteiger charge is 2.17. The van der Waals surface area contributed by atoms with Crippen LogP contribution in [0.1, 0.15) is 11.1 Å². The molecule has 0 aromatic heterocycles. The van der Waals surface area contributed by atoms with E-state index in [0.29, 0.717) is 0 Å². The van der Waals surface area contributed by atoms with E-state index in [9.17, 15) is 0 Å². The van der Waals surface area contributed by atoms with E-state index in [4.69, 9.17) is 0 Å². The summed E-state index contributed by atoms with van der Waals surface area (Å²) in [4.78, 5) is 0. The van der Waals surface area contributed by atoms with Gasteiger partial charge in [0.1, 0.15) is 0 Å². The van der Waals surface area contributed by atoms with Crippen molar-refractivity contribution >= 4 is 11.6 Å². The van der Waals surface area contributed by atoms with Crippen molar-refractivity contribution < 1.29 is 0 Å². The first kappa shape index (κ1) is 6.01. The Bertz CT molecular complexity index is 431. The van der Waals surface area contributed by atoms with Crippen molar-refractivity contribution in [1.29, 1.82) is 0 Å². The zero-order chi connectivity index (χ0) is 7.97. The van der Waals surface area contributed by atoms with Crippen LogP contribution in [0.4, 0.5) is 0 Å². The largest absolute Gasteiger partial charge is 0.0616 e. The molecule has 0 amide bonds. The van der Waals surface area contributed by atoms with Crippen LogP contribution in [-0.2, 0) is 0 Å². The molecule has 0 unspecified atom stereocenters. The van der Waals surface area contributed by atoms with Gasteiger partial charge in [0.05, 0.1) is 0 Å². The molecule has 0 saturated heterocycles. The maximum Gasteiger partial charge on any atom is -0.00928 e. The lowest BCUT2D eigenvalue weighted by Gasteiger charge is -1.98. The number of hydrogen-bond acceptors (Lipinski definition) is 0. The Morgan fingerprint density at radius 2 is 2.00 bits per heavy atom. The molecule has 0 nitrogen and oxygen atoms in total. The summed E-state index contributed by atoms with van der Waals surface area (Å²) in [6.45, 7) is 0. The molecule has 55 valence electrons. The predicted octanol–water partition coefficient (Wildman–Crippen LogP) is 2.84. The van der Waals surface area contributed by atoms with Gasteiger partial charge in [0, 0.05) is 0 Å². The molecular weight excluding hydrogens is 144 g/mol. The average molecular weight is 151 g/mol. The normalized spacial score (nSPS) is 17.0. The van der Waals surface area contributed by atoms with Crippen molar-refractivity contribution in [2.45, 2.75) is 0 Å². The average Bonchev–Trinajstić information content (AvgIpc) is 2.62. The lowest BCUT2D eigenvalue weighted by Crippen LogP contribution is -1.78. The van der Waals surface area contributed by atoms with Crippen LogP contribution in [-0.4, -0.2) is 0 Å². The van der Waals surface area contributed by atoms with Crippen LogP contribution in [0.5, 0.6) is 0 Å². The minimum Gasteiger partial charge on any atom is -0.0616 e. The maximum atomic E-state index is 3.21. The summed E-state index contributed by atoms with van der Waals surface area (Å²) in [6.07, 6.45) is 9.50. The van der Waals surface area contributed by atoms with Gasteiger partial charge in [-0.15, -0.1) is 0 Å². The van der Waals surface area contributed by atoms with Gasteiger partial charge in [-0.3, -0.25) is 0 Å². The lowest BCUT2D eigenvalue weighted by atomic mass is 10.1. The Balaban J connectivity index is 2.33. The van der Waals surface area contributed by atoms with E-state index < -0.39 is 0 Å². The molecule has 2 aliphatic rings. The third-order valence-electron chi connectivity index (χ3n) is 2.33. The summed E-state index contributed by atoms with van der Waals surface area (Å²) in [6, 6.07) is 8.45. The summed E-state index contributed by atoms with van der Waals surface area (Å²) >= 11 is 0. The van der Waals surface area contributed by atoms with E-state index in [1.54, 1.807) is 0 Å². The molecule has 1 radical (unpaired) electrons. The van der Waals surface area contributed by atoms with Gasteiger partial charge in [-0.25, -0.2) is 0 Å². The fourth-order valence-corrected chi connectivity index (χ4v) is 1.76. The fourth-order valence-electron chi connectivity index (χ4n) is 1.76.